The van der Waals surface area contributed by atoms with Crippen molar-refractivity contribution in [2.45, 2.75) is 25.9 Å². The van der Waals surface area contributed by atoms with Gasteiger partial charge in [0.1, 0.15) is 0 Å². The van der Waals surface area contributed by atoms with Crippen molar-refractivity contribution in [3.8, 4) is 0 Å². The van der Waals surface area contributed by atoms with E-state index in [-0.39, 0.29) is 0 Å². The molecule has 1 heterocycles. The van der Waals surface area contributed by atoms with Crippen LogP contribution in [0.3, 0.4) is 0 Å². The first kappa shape index (κ1) is 12.8. The van der Waals surface area contributed by atoms with Crippen LogP contribution in [0.4, 0.5) is 5.13 Å². The summed E-state index contributed by atoms with van der Waals surface area (Å²) in [5.74, 6) is 1.14. The van der Waals surface area contributed by atoms with Gasteiger partial charge in [-0.15, -0.1) is 11.3 Å². The van der Waals surface area contributed by atoms with Gasteiger partial charge < -0.3 is 10.6 Å². The Hall–Kier alpha value is -0.260. The number of nitrogens with zero attached hydrogens (tertiary/aromatic N) is 2. The lowest BCUT2D eigenvalue weighted by atomic mass is 10.2. The highest BCUT2D eigenvalue weighted by molar-refractivity contribution is 7.98. The van der Waals surface area contributed by atoms with E-state index in [1.54, 1.807) is 11.3 Å². The van der Waals surface area contributed by atoms with Gasteiger partial charge in [0, 0.05) is 30.8 Å². The maximum Gasteiger partial charge on any atom is 0.185 e. The molecule has 1 aromatic rings. The van der Waals surface area contributed by atoms with E-state index < -0.39 is 0 Å². The minimum atomic E-state index is 0.531. The number of hydrogen-bond acceptors (Lipinski definition) is 5. The molecule has 3 nitrogen and oxygen atoms in total. The molecule has 15 heavy (non-hydrogen) atoms. The van der Waals surface area contributed by atoms with Gasteiger partial charge in [-0.25, -0.2) is 4.98 Å². The topological polar surface area (TPSA) is 42.2 Å². The second kappa shape index (κ2) is 6.35. The maximum absolute atomic E-state index is 5.55. The molecule has 0 aliphatic rings. The average molecular weight is 245 g/mol. The van der Waals surface area contributed by atoms with Gasteiger partial charge in [-0.2, -0.15) is 11.8 Å². The SMILES string of the molecule is CCC(CSC)N(C)c1nc(CN)cs1. The second-order valence-electron chi connectivity index (χ2n) is 3.45. The van der Waals surface area contributed by atoms with Crippen molar-refractivity contribution in [3.63, 3.8) is 0 Å². The molecule has 0 aliphatic heterocycles. The van der Waals surface area contributed by atoms with Crippen LogP contribution in [0.25, 0.3) is 0 Å². The quantitative estimate of drug-likeness (QED) is 0.834. The zero-order valence-corrected chi connectivity index (χ0v) is 11.2. The monoisotopic (exact) mass is 245 g/mol. The van der Waals surface area contributed by atoms with E-state index in [1.165, 1.54) is 0 Å². The van der Waals surface area contributed by atoms with Gasteiger partial charge in [0.05, 0.1) is 5.69 Å². The van der Waals surface area contributed by atoms with Gasteiger partial charge >= 0.3 is 0 Å². The highest BCUT2D eigenvalue weighted by atomic mass is 32.2. The highest BCUT2D eigenvalue weighted by Gasteiger charge is 2.15. The molecule has 0 spiro atoms. The molecule has 0 saturated heterocycles. The first-order chi connectivity index (χ1) is 7.22. The maximum atomic E-state index is 5.55. The van der Waals surface area contributed by atoms with Gasteiger partial charge in [-0.1, -0.05) is 6.92 Å². The van der Waals surface area contributed by atoms with Crippen LogP contribution in [0.2, 0.25) is 0 Å². The summed E-state index contributed by atoms with van der Waals surface area (Å²) in [4.78, 5) is 6.75. The van der Waals surface area contributed by atoms with Crippen LogP contribution in [0.1, 0.15) is 19.0 Å². The molecule has 1 atom stereocenters. The first-order valence-electron chi connectivity index (χ1n) is 5.09. The molecule has 0 saturated carbocycles. The average Bonchev–Trinajstić information content (AvgIpc) is 2.73. The van der Waals surface area contributed by atoms with Gasteiger partial charge in [0.2, 0.25) is 0 Å². The number of rotatable bonds is 6. The number of anilines is 1. The smallest absolute Gasteiger partial charge is 0.185 e. The molecule has 1 rings (SSSR count). The highest BCUT2D eigenvalue weighted by Crippen LogP contribution is 2.23. The molecule has 0 radical (unpaired) electrons. The fourth-order valence-electron chi connectivity index (χ4n) is 1.40. The Morgan fingerprint density at radius 3 is 2.87 bits per heavy atom. The van der Waals surface area contributed by atoms with Crippen molar-refractivity contribution in [3.05, 3.63) is 11.1 Å². The van der Waals surface area contributed by atoms with E-state index in [0.717, 1.165) is 23.0 Å². The summed E-state index contributed by atoms with van der Waals surface area (Å²) >= 11 is 3.56. The lowest BCUT2D eigenvalue weighted by molar-refractivity contribution is 0.670. The number of thioether (sulfide) groups is 1. The van der Waals surface area contributed by atoms with Crippen LogP contribution < -0.4 is 10.6 Å². The zero-order chi connectivity index (χ0) is 11.3. The van der Waals surface area contributed by atoms with E-state index >= 15 is 0 Å². The van der Waals surface area contributed by atoms with Crippen molar-refractivity contribution in [1.29, 1.82) is 0 Å². The first-order valence-corrected chi connectivity index (χ1v) is 7.36. The molecular formula is C10H19N3S2. The van der Waals surface area contributed by atoms with Crippen LogP contribution >= 0.6 is 23.1 Å². The summed E-state index contributed by atoms with van der Waals surface area (Å²) in [6.45, 7) is 2.75. The van der Waals surface area contributed by atoms with Crippen molar-refractivity contribution in [2.24, 2.45) is 5.73 Å². The molecule has 0 bridgehead atoms. The molecule has 0 aliphatic carbocycles. The number of aromatic nitrogens is 1. The lowest BCUT2D eigenvalue weighted by Gasteiger charge is -2.26. The second-order valence-corrected chi connectivity index (χ2v) is 5.20. The summed E-state index contributed by atoms with van der Waals surface area (Å²) in [5.41, 5.74) is 6.54. The third-order valence-corrected chi connectivity index (χ3v) is 4.13. The van der Waals surface area contributed by atoms with Crippen molar-refractivity contribution < 1.29 is 0 Å². The fraction of sp³-hybridized carbons (Fsp3) is 0.700. The Morgan fingerprint density at radius 1 is 1.67 bits per heavy atom. The third-order valence-electron chi connectivity index (χ3n) is 2.43. The summed E-state index contributed by atoms with van der Waals surface area (Å²) in [6, 6.07) is 0.566. The standard InChI is InChI=1S/C10H19N3S2/c1-4-9(7-14-3)13(2)10-12-8(5-11)6-15-10/h6,9H,4-5,7,11H2,1-3H3. The predicted molar refractivity (Wildman–Crippen MR) is 70.9 cm³/mol. The summed E-state index contributed by atoms with van der Waals surface area (Å²) in [6.07, 6.45) is 3.29. The Morgan fingerprint density at radius 2 is 2.40 bits per heavy atom. The van der Waals surface area contributed by atoms with E-state index in [0.29, 0.717) is 12.6 Å². The van der Waals surface area contributed by atoms with Crippen LogP contribution in [0.15, 0.2) is 5.38 Å². The predicted octanol–water partition coefficient (Wildman–Crippen LogP) is 2.18. The number of hydrogen-bond donors (Lipinski definition) is 1. The van der Waals surface area contributed by atoms with Crippen LogP contribution in [-0.4, -0.2) is 30.1 Å². The van der Waals surface area contributed by atoms with E-state index in [9.17, 15) is 0 Å². The van der Waals surface area contributed by atoms with Gasteiger partial charge in [0.15, 0.2) is 5.13 Å². The van der Waals surface area contributed by atoms with Crippen LogP contribution in [0, 0.1) is 0 Å². The number of thiazole rings is 1. The third kappa shape index (κ3) is 3.36. The molecule has 0 fully saturated rings. The van der Waals surface area contributed by atoms with Gasteiger partial charge in [0.25, 0.3) is 0 Å². The van der Waals surface area contributed by atoms with Gasteiger partial charge in [-0.05, 0) is 12.7 Å². The Balaban J connectivity index is 2.68. The van der Waals surface area contributed by atoms with Crippen molar-refractivity contribution in [2.75, 3.05) is 24.0 Å². The Bertz CT molecular complexity index is 288. The Labute approximate surface area is 100 Å². The molecular weight excluding hydrogens is 226 g/mol. The van der Waals surface area contributed by atoms with Crippen LogP contribution in [-0.2, 0) is 6.54 Å². The van der Waals surface area contributed by atoms with Crippen molar-refractivity contribution >= 4 is 28.2 Å². The molecule has 2 N–H and O–H groups in total. The van der Waals surface area contributed by atoms with Crippen LogP contribution in [0.5, 0.6) is 0 Å². The largest absolute Gasteiger partial charge is 0.347 e. The molecule has 0 aromatic carbocycles. The zero-order valence-electron chi connectivity index (χ0n) is 9.56. The summed E-state index contributed by atoms with van der Waals surface area (Å²) in [7, 11) is 2.11. The molecule has 1 aromatic heterocycles. The lowest BCUT2D eigenvalue weighted by Crippen LogP contribution is -2.33. The van der Waals surface area contributed by atoms with E-state index in [1.807, 2.05) is 17.1 Å². The fourth-order valence-corrected chi connectivity index (χ4v) is 3.12. The normalized spacial score (nSPS) is 12.8. The van der Waals surface area contributed by atoms with Gasteiger partial charge in [-0.3, -0.25) is 0 Å². The molecule has 1 unspecified atom stereocenters. The Kier molecular flexibility index (Phi) is 5.42. The molecule has 86 valence electrons. The number of nitrogens with two attached hydrogens (primary N) is 1. The van der Waals surface area contributed by atoms with E-state index in [4.69, 9.17) is 5.73 Å². The minimum Gasteiger partial charge on any atom is -0.347 e. The van der Waals surface area contributed by atoms with E-state index in [2.05, 4.69) is 30.1 Å². The molecule has 5 heteroatoms. The summed E-state index contributed by atoms with van der Waals surface area (Å²) in [5, 5.41) is 3.12. The summed E-state index contributed by atoms with van der Waals surface area (Å²) < 4.78 is 0. The molecule has 0 amide bonds. The van der Waals surface area contributed by atoms with Crippen molar-refractivity contribution in [1.82, 2.24) is 4.98 Å². The minimum absolute atomic E-state index is 0.531.